The number of nitrogens with zero attached hydrogens (tertiary/aromatic N) is 1. The largest absolute Gasteiger partial charge is 0.322 e. The molecule has 0 aliphatic heterocycles. The van der Waals surface area contributed by atoms with Crippen molar-refractivity contribution in [3.05, 3.63) is 16.1 Å². The monoisotopic (exact) mass is 170 g/mol. The summed E-state index contributed by atoms with van der Waals surface area (Å²) in [5.41, 5.74) is 6.08. The Morgan fingerprint density at radius 2 is 2.45 bits per heavy atom. The number of ketones is 1. The first-order chi connectivity index (χ1) is 5.11. The summed E-state index contributed by atoms with van der Waals surface area (Å²) < 4.78 is 0. The summed E-state index contributed by atoms with van der Waals surface area (Å²) >= 11 is 1.43. The lowest BCUT2D eigenvalue weighted by Crippen LogP contribution is -2.04. The smallest absolute Gasteiger partial charge is 0.178 e. The normalized spacial score (nSPS) is 13.0. The van der Waals surface area contributed by atoms with Crippen LogP contribution in [0.2, 0.25) is 0 Å². The van der Waals surface area contributed by atoms with Gasteiger partial charge in [-0.3, -0.25) is 4.79 Å². The maximum absolute atomic E-state index is 10.8. The van der Waals surface area contributed by atoms with Gasteiger partial charge in [0, 0.05) is 12.3 Å². The van der Waals surface area contributed by atoms with Gasteiger partial charge < -0.3 is 5.73 Å². The number of aromatic nitrogens is 1. The molecule has 1 aromatic rings. The van der Waals surface area contributed by atoms with Crippen molar-refractivity contribution in [2.75, 3.05) is 0 Å². The van der Waals surface area contributed by atoms with Gasteiger partial charge in [-0.15, -0.1) is 11.3 Å². The van der Waals surface area contributed by atoms with Gasteiger partial charge >= 0.3 is 0 Å². The fraction of sp³-hybridized carbons (Fsp3) is 0.429. The molecule has 0 aromatic carbocycles. The Labute approximate surface area is 69.3 Å². The number of nitrogens with two attached hydrogens (primary N) is 1. The maximum atomic E-state index is 10.8. The van der Waals surface area contributed by atoms with Crippen molar-refractivity contribution in [2.45, 2.75) is 19.9 Å². The lowest BCUT2D eigenvalue weighted by Gasteiger charge is -1.95. The third-order valence-corrected chi connectivity index (χ3v) is 2.32. The number of Topliss-reactive ketones (excluding diaryl/α,β-unsaturated/α-hetero) is 1. The standard InChI is InChI=1S/C7H10N2OS/c1-4(8)7-9-6(3-11-7)5(2)10/h3-4H,8H2,1-2H3. The van der Waals surface area contributed by atoms with Crippen LogP contribution >= 0.6 is 11.3 Å². The van der Waals surface area contributed by atoms with E-state index < -0.39 is 0 Å². The molecular weight excluding hydrogens is 160 g/mol. The molecule has 0 saturated carbocycles. The summed E-state index contributed by atoms with van der Waals surface area (Å²) in [6.07, 6.45) is 0. The Morgan fingerprint density at radius 1 is 1.82 bits per heavy atom. The number of carbonyl (C=O) groups excluding carboxylic acids is 1. The van der Waals surface area contributed by atoms with E-state index in [2.05, 4.69) is 4.98 Å². The van der Waals surface area contributed by atoms with E-state index in [9.17, 15) is 4.79 Å². The van der Waals surface area contributed by atoms with E-state index in [-0.39, 0.29) is 11.8 Å². The third kappa shape index (κ3) is 1.85. The van der Waals surface area contributed by atoms with Crippen molar-refractivity contribution in [2.24, 2.45) is 5.73 Å². The molecule has 0 saturated heterocycles. The summed E-state index contributed by atoms with van der Waals surface area (Å²) in [4.78, 5) is 14.8. The highest BCUT2D eigenvalue weighted by Gasteiger charge is 2.07. The molecular formula is C7H10N2OS. The van der Waals surface area contributed by atoms with E-state index in [1.54, 1.807) is 5.38 Å². The van der Waals surface area contributed by atoms with Crippen molar-refractivity contribution >= 4 is 17.1 Å². The van der Waals surface area contributed by atoms with E-state index in [1.165, 1.54) is 18.3 Å². The van der Waals surface area contributed by atoms with Gasteiger partial charge in [0.15, 0.2) is 5.78 Å². The quantitative estimate of drug-likeness (QED) is 0.682. The van der Waals surface area contributed by atoms with E-state index in [4.69, 9.17) is 5.73 Å². The van der Waals surface area contributed by atoms with Crippen LogP contribution < -0.4 is 5.73 Å². The highest BCUT2D eigenvalue weighted by atomic mass is 32.1. The molecule has 0 spiro atoms. The first kappa shape index (κ1) is 8.36. The predicted molar refractivity (Wildman–Crippen MR) is 44.7 cm³/mol. The summed E-state index contributed by atoms with van der Waals surface area (Å²) in [5, 5.41) is 2.55. The minimum absolute atomic E-state index is 0.00634. The number of carbonyl (C=O) groups is 1. The van der Waals surface area contributed by atoms with Crippen LogP contribution in [-0.4, -0.2) is 10.8 Å². The summed E-state index contributed by atoms with van der Waals surface area (Å²) in [7, 11) is 0. The Bertz CT molecular complexity index is 267. The lowest BCUT2D eigenvalue weighted by molar-refractivity contribution is 0.101. The molecule has 4 heteroatoms. The van der Waals surface area contributed by atoms with Crippen LogP contribution in [0.25, 0.3) is 0 Å². The third-order valence-electron chi connectivity index (χ3n) is 1.27. The molecule has 1 rings (SSSR count). The molecule has 0 aliphatic rings. The first-order valence-corrected chi connectivity index (χ1v) is 4.21. The van der Waals surface area contributed by atoms with Crippen molar-refractivity contribution in [3.63, 3.8) is 0 Å². The molecule has 1 aromatic heterocycles. The van der Waals surface area contributed by atoms with Gasteiger partial charge in [-0.2, -0.15) is 0 Å². The average Bonchev–Trinajstić information content (AvgIpc) is 2.33. The average molecular weight is 170 g/mol. The second-order valence-corrected chi connectivity index (χ2v) is 3.31. The van der Waals surface area contributed by atoms with Gasteiger partial charge in [0.1, 0.15) is 10.7 Å². The molecule has 0 bridgehead atoms. The summed E-state index contributed by atoms with van der Waals surface area (Å²) in [6.45, 7) is 3.35. The Morgan fingerprint density at radius 3 is 2.73 bits per heavy atom. The SMILES string of the molecule is CC(=O)c1csc(C(C)N)n1. The van der Waals surface area contributed by atoms with Gasteiger partial charge in [-0.25, -0.2) is 4.98 Å². The minimum atomic E-state index is -0.0758. The number of hydrogen-bond donors (Lipinski definition) is 1. The van der Waals surface area contributed by atoms with E-state index in [0.717, 1.165) is 5.01 Å². The van der Waals surface area contributed by atoms with Gasteiger partial charge in [0.25, 0.3) is 0 Å². The molecule has 1 atom stereocenters. The lowest BCUT2D eigenvalue weighted by atomic mass is 10.3. The van der Waals surface area contributed by atoms with Crippen molar-refractivity contribution in [1.29, 1.82) is 0 Å². The predicted octanol–water partition coefficient (Wildman–Crippen LogP) is 1.37. The zero-order chi connectivity index (χ0) is 8.43. The van der Waals surface area contributed by atoms with E-state index >= 15 is 0 Å². The van der Waals surface area contributed by atoms with Crippen LogP contribution in [0.4, 0.5) is 0 Å². The molecule has 0 aliphatic carbocycles. The van der Waals surface area contributed by atoms with E-state index in [1.807, 2.05) is 6.92 Å². The van der Waals surface area contributed by atoms with Crippen molar-refractivity contribution in [1.82, 2.24) is 4.98 Å². The molecule has 0 amide bonds. The maximum Gasteiger partial charge on any atom is 0.178 e. The molecule has 1 heterocycles. The van der Waals surface area contributed by atoms with Crippen LogP contribution in [0, 0.1) is 0 Å². The topological polar surface area (TPSA) is 56.0 Å². The molecule has 0 radical (unpaired) electrons. The van der Waals surface area contributed by atoms with Gasteiger partial charge in [-0.1, -0.05) is 0 Å². The van der Waals surface area contributed by atoms with Gasteiger partial charge in [0.2, 0.25) is 0 Å². The molecule has 2 N–H and O–H groups in total. The highest BCUT2D eigenvalue weighted by molar-refractivity contribution is 7.09. The zero-order valence-corrected chi connectivity index (χ0v) is 7.31. The van der Waals surface area contributed by atoms with Crippen LogP contribution in [0.5, 0.6) is 0 Å². The van der Waals surface area contributed by atoms with Crippen molar-refractivity contribution < 1.29 is 4.79 Å². The Hall–Kier alpha value is -0.740. The first-order valence-electron chi connectivity index (χ1n) is 3.33. The van der Waals surface area contributed by atoms with Crippen LogP contribution in [0.3, 0.4) is 0 Å². The summed E-state index contributed by atoms with van der Waals surface area (Å²) in [6, 6.07) is -0.0758. The number of rotatable bonds is 2. The second kappa shape index (κ2) is 3.11. The molecule has 0 fully saturated rings. The van der Waals surface area contributed by atoms with Gasteiger partial charge in [-0.05, 0) is 6.92 Å². The second-order valence-electron chi connectivity index (χ2n) is 2.42. The van der Waals surface area contributed by atoms with Crippen LogP contribution in [-0.2, 0) is 0 Å². The fourth-order valence-electron chi connectivity index (χ4n) is 0.658. The van der Waals surface area contributed by atoms with Crippen LogP contribution in [0.1, 0.15) is 35.4 Å². The molecule has 1 unspecified atom stereocenters. The zero-order valence-electron chi connectivity index (χ0n) is 6.50. The molecule has 3 nitrogen and oxygen atoms in total. The minimum Gasteiger partial charge on any atom is -0.322 e. The van der Waals surface area contributed by atoms with Gasteiger partial charge in [0.05, 0.1) is 6.04 Å². The molecule has 11 heavy (non-hydrogen) atoms. The van der Waals surface area contributed by atoms with Crippen LogP contribution in [0.15, 0.2) is 5.38 Å². The highest BCUT2D eigenvalue weighted by Crippen LogP contribution is 2.15. The number of thiazole rings is 1. The molecule has 60 valence electrons. The summed E-state index contributed by atoms with van der Waals surface area (Å²) in [5.74, 6) is -0.00634. The Balaban J connectivity index is 2.90. The van der Waals surface area contributed by atoms with Crippen molar-refractivity contribution in [3.8, 4) is 0 Å². The van der Waals surface area contributed by atoms with E-state index in [0.29, 0.717) is 5.69 Å². The number of hydrogen-bond acceptors (Lipinski definition) is 4. The fourth-order valence-corrected chi connectivity index (χ4v) is 1.48. The Kier molecular flexibility index (Phi) is 2.36.